The normalized spacial score (nSPS) is 19.7. The lowest BCUT2D eigenvalue weighted by atomic mass is 10.0. The monoisotopic (exact) mass is 623 g/mol. The number of piperidine rings is 1. The number of fused-ring (bicyclic) bond motifs is 3. The van der Waals surface area contributed by atoms with Crippen molar-refractivity contribution in [1.29, 1.82) is 0 Å². The summed E-state index contributed by atoms with van der Waals surface area (Å²) in [6.07, 6.45) is 1.55. The van der Waals surface area contributed by atoms with Gasteiger partial charge in [0, 0.05) is 57.8 Å². The Kier molecular flexibility index (Phi) is 6.69. The van der Waals surface area contributed by atoms with Crippen molar-refractivity contribution in [2.45, 2.75) is 51.5 Å². The van der Waals surface area contributed by atoms with Crippen LogP contribution in [0.15, 0.2) is 48.5 Å². The number of methoxy groups -OCH3 is 1. The van der Waals surface area contributed by atoms with Crippen LogP contribution in [-0.2, 0) is 13.1 Å². The summed E-state index contributed by atoms with van der Waals surface area (Å²) in [7, 11) is 1.62. The largest absolute Gasteiger partial charge is 0.496 e. The Balaban J connectivity index is 1.23. The number of benzene rings is 2. The summed E-state index contributed by atoms with van der Waals surface area (Å²) in [4.78, 5) is 33.6. The summed E-state index contributed by atoms with van der Waals surface area (Å²) in [5, 5.41) is 4.92. The highest BCUT2D eigenvalue weighted by Gasteiger charge is 2.31. The quantitative estimate of drug-likeness (QED) is 0.239. The van der Waals surface area contributed by atoms with Crippen molar-refractivity contribution in [3.05, 3.63) is 70.8 Å². The molecular formula is C35H34FN5O3S. The van der Waals surface area contributed by atoms with E-state index in [1.807, 2.05) is 30.3 Å². The lowest BCUT2D eigenvalue weighted by Gasteiger charge is -2.33. The van der Waals surface area contributed by atoms with Crippen LogP contribution >= 0.6 is 11.3 Å². The van der Waals surface area contributed by atoms with Crippen molar-refractivity contribution in [3.63, 3.8) is 0 Å². The van der Waals surface area contributed by atoms with Crippen molar-refractivity contribution in [3.8, 4) is 27.6 Å². The second-order valence-corrected chi connectivity index (χ2v) is 13.7. The maximum atomic E-state index is 14.3. The molecular weight excluding hydrogens is 589 g/mol. The molecule has 1 aliphatic carbocycles. The number of nitrogens with zero attached hydrogens (tertiary/aromatic N) is 3. The van der Waals surface area contributed by atoms with Gasteiger partial charge < -0.3 is 25.3 Å². The summed E-state index contributed by atoms with van der Waals surface area (Å²) in [5.41, 5.74) is 13.1. The number of likely N-dealkylation sites (tertiary alicyclic amines) is 1. The molecule has 2 aromatic carbocycles. The topological polar surface area (TPSA) is 102 Å². The summed E-state index contributed by atoms with van der Waals surface area (Å²) >= 11 is 1.63. The Labute approximate surface area is 264 Å². The van der Waals surface area contributed by atoms with Crippen LogP contribution in [0.1, 0.15) is 51.1 Å². The number of rotatable bonds is 6. The van der Waals surface area contributed by atoms with Crippen LogP contribution in [0.25, 0.3) is 42.9 Å². The highest BCUT2D eigenvalue weighted by atomic mass is 32.1. The predicted octanol–water partition coefficient (Wildman–Crippen LogP) is 6.07. The number of aryl methyl sites for hydroxylation is 1. The first-order chi connectivity index (χ1) is 21.8. The smallest absolute Gasteiger partial charge is 0.254 e. The van der Waals surface area contributed by atoms with E-state index in [9.17, 15) is 14.0 Å². The highest BCUT2D eigenvalue weighted by Crippen LogP contribution is 2.45. The van der Waals surface area contributed by atoms with Crippen LogP contribution in [0, 0.1) is 12.8 Å². The number of nitrogens with two attached hydrogens (primary N) is 1. The van der Waals surface area contributed by atoms with Gasteiger partial charge in [0.15, 0.2) is 0 Å². The van der Waals surface area contributed by atoms with Crippen LogP contribution in [0.5, 0.6) is 5.75 Å². The molecule has 45 heavy (non-hydrogen) atoms. The second-order valence-electron chi connectivity index (χ2n) is 12.7. The zero-order valence-corrected chi connectivity index (χ0v) is 26.0. The molecule has 8 nitrogen and oxygen atoms in total. The average Bonchev–Trinajstić information content (AvgIpc) is 3.56. The minimum Gasteiger partial charge on any atom is -0.496 e. The number of alkyl halides is 1. The van der Waals surface area contributed by atoms with E-state index in [1.165, 1.54) is 17.7 Å². The van der Waals surface area contributed by atoms with Gasteiger partial charge in [-0.2, -0.15) is 0 Å². The van der Waals surface area contributed by atoms with Crippen molar-refractivity contribution in [2.75, 3.05) is 20.2 Å². The third kappa shape index (κ3) is 4.87. The molecule has 3 aliphatic rings. The standard InChI is InChI=1S/C35H34FN5O3S/c1-18-31-29(44-2)11-23(35(43)40-16-24(36)13-25(37)17-40)12-30(31)45-32(18)28-10-21-7-8-27(39-33(21)41(28)15-19-3-4-19)20-5-6-22-14-38-34(42)26(22)9-20/h5-12,19,24-25H,3-4,13-17,37H2,1-2H3,(H,38,42)/t24?,25-/m1/s1. The third-order valence-corrected chi connectivity index (χ3v) is 10.6. The highest BCUT2D eigenvalue weighted by molar-refractivity contribution is 7.22. The van der Waals surface area contributed by atoms with Crippen LogP contribution in [0.3, 0.4) is 0 Å². The Morgan fingerprint density at radius 3 is 2.78 bits per heavy atom. The number of carbonyl (C=O) groups excluding carboxylic acids is 2. The van der Waals surface area contributed by atoms with E-state index < -0.39 is 6.17 Å². The predicted molar refractivity (Wildman–Crippen MR) is 175 cm³/mol. The number of pyridine rings is 1. The molecule has 5 aromatic rings. The van der Waals surface area contributed by atoms with Crippen LogP contribution < -0.4 is 15.8 Å². The summed E-state index contributed by atoms with van der Waals surface area (Å²) in [5.74, 6) is 0.959. The molecule has 8 rings (SSSR count). The Bertz CT molecular complexity index is 2020. The molecule has 0 radical (unpaired) electrons. The Morgan fingerprint density at radius 1 is 1.16 bits per heavy atom. The lowest BCUT2D eigenvalue weighted by Crippen LogP contribution is -2.50. The number of amides is 2. The van der Waals surface area contributed by atoms with Gasteiger partial charge >= 0.3 is 0 Å². The molecule has 3 aromatic heterocycles. The van der Waals surface area contributed by atoms with E-state index in [0.717, 1.165) is 60.6 Å². The lowest BCUT2D eigenvalue weighted by molar-refractivity contribution is 0.0606. The van der Waals surface area contributed by atoms with E-state index in [1.54, 1.807) is 24.5 Å². The summed E-state index contributed by atoms with van der Waals surface area (Å²) < 4.78 is 23.4. The molecule has 3 N–H and O–H groups in total. The minimum atomic E-state index is -1.12. The molecule has 1 saturated carbocycles. The zero-order chi connectivity index (χ0) is 31.0. The minimum absolute atomic E-state index is 0.0426. The van der Waals surface area contributed by atoms with Crippen molar-refractivity contribution >= 4 is 44.3 Å². The van der Waals surface area contributed by atoms with E-state index in [0.29, 0.717) is 35.9 Å². The molecule has 5 heterocycles. The van der Waals surface area contributed by atoms with Crippen LogP contribution in [-0.4, -0.2) is 58.7 Å². The van der Waals surface area contributed by atoms with Crippen LogP contribution in [0.4, 0.5) is 4.39 Å². The number of thiophene rings is 1. The molecule has 2 amide bonds. The first-order valence-corrected chi connectivity index (χ1v) is 16.3. The van der Waals surface area contributed by atoms with E-state index in [-0.39, 0.29) is 30.8 Å². The molecule has 2 atom stereocenters. The van der Waals surface area contributed by atoms with Gasteiger partial charge in [-0.3, -0.25) is 9.59 Å². The molecule has 230 valence electrons. The Hall–Kier alpha value is -4.28. The summed E-state index contributed by atoms with van der Waals surface area (Å²) in [6, 6.07) is 15.6. The number of hydrogen-bond acceptors (Lipinski definition) is 6. The maximum absolute atomic E-state index is 14.3. The number of hydrogen-bond donors (Lipinski definition) is 2. The third-order valence-electron chi connectivity index (χ3n) is 9.38. The number of ether oxygens (including phenoxy) is 1. The van der Waals surface area contributed by atoms with Gasteiger partial charge in [0.25, 0.3) is 11.8 Å². The Morgan fingerprint density at radius 2 is 2.00 bits per heavy atom. The van der Waals surface area contributed by atoms with Crippen molar-refractivity contribution in [1.82, 2.24) is 19.8 Å². The van der Waals surface area contributed by atoms with Crippen molar-refractivity contribution < 1.29 is 18.7 Å². The fraction of sp³-hybridized carbons (Fsp3) is 0.343. The fourth-order valence-electron chi connectivity index (χ4n) is 6.88. The van der Waals surface area contributed by atoms with Gasteiger partial charge in [0.05, 0.1) is 29.9 Å². The molecule has 2 fully saturated rings. The first kappa shape index (κ1) is 28.2. The molecule has 2 aliphatic heterocycles. The van der Waals surface area contributed by atoms with Gasteiger partial charge in [0.1, 0.15) is 17.6 Å². The van der Waals surface area contributed by atoms with Gasteiger partial charge in [-0.15, -0.1) is 11.3 Å². The van der Waals surface area contributed by atoms with E-state index in [2.05, 4.69) is 28.9 Å². The van der Waals surface area contributed by atoms with Crippen LogP contribution in [0.2, 0.25) is 0 Å². The van der Waals surface area contributed by atoms with Gasteiger partial charge in [0.2, 0.25) is 0 Å². The van der Waals surface area contributed by atoms with E-state index in [4.69, 9.17) is 15.5 Å². The summed E-state index contributed by atoms with van der Waals surface area (Å²) in [6.45, 7) is 3.92. The SMILES string of the molecule is COc1cc(C(=O)N2CC(F)C[C@@H](N)C2)cc2sc(-c3cc4ccc(-c5ccc6c(c5)C(=O)NC6)nc4n3CC3CC3)c(C)c12. The number of halogens is 1. The van der Waals surface area contributed by atoms with E-state index >= 15 is 0 Å². The molecule has 1 unspecified atom stereocenters. The number of nitrogens with one attached hydrogen (secondary N) is 1. The maximum Gasteiger partial charge on any atom is 0.254 e. The number of carbonyl (C=O) groups is 2. The fourth-order valence-corrected chi connectivity index (χ4v) is 8.17. The molecule has 0 bridgehead atoms. The molecule has 1 saturated heterocycles. The average molecular weight is 624 g/mol. The van der Waals surface area contributed by atoms with Gasteiger partial charge in [-0.05, 0) is 79.6 Å². The molecule has 10 heteroatoms. The second kappa shape index (κ2) is 10.7. The first-order valence-electron chi connectivity index (χ1n) is 15.5. The van der Waals surface area contributed by atoms with Crippen molar-refractivity contribution in [2.24, 2.45) is 11.7 Å². The number of aromatic nitrogens is 2. The zero-order valence-electron chi connectivity index (χ0n) is 25.2. The van der Waals surface area contributed by atoms with Gasteiger partial charge in [-0.1, -0.05) is 12.1 Å². The molecule has 0 spiro atoms. The van der Waals surface area contributed by atoms with Gasteiger partial charge in [-0.25, -0.2) is 9.37 Å².